The fraction of sp³-hybridized carbons (Fsp3) is 0.562. The van der Waals surface area contributed by atoms with Crippen LogP contribution in [0.2, 0.25) is 0 Å². The van der Waals surface area contributed by atoms with Gasteiger partial charge in [0.05, 0.1) is 7.11 Å². The van der Waals surface area contributed by atoms with Crippen LogP contribution in [0, 0.1) is 0 Å². The van der Waals surface area contributed by atoms with Gasteiger partial charge in [-0.25, -0.2) is 4.98 Å². The molecule has 22 heavy (non-hydrogen) atoms. The van der Waals surface area contributed by atoms with Crippen LogP contribution >= 0.6 is 0 Å². The smallest absolute Gasteiger partial charge is 0.325 e. The van der Waals surface area contributed by atoms with Crippen molar-refractivity contribution in [1.82, 2.24) is 10.3 Å². The van der Waals surface area contributed by atoms with Gasteiger partial charge in [0.25, 0.3) is 5.91 Å². The summed E-state index contributed by atoms with van der Waals surface area (Å²) in [5.41, 5.74) is 0.150. The number of hydrogen-bond donors (Lipinski definition) is 1. The zero-order valence-electron chi connectivity index (χ0n) is 13.4. The number of carbonyl (C=O) groups excluding carboxylic acids is 2. The molecule has 0 aliphatic heterocycles. The summed E-state index contributed by atoms with van der Waals surface area (Å²) in [6.07, 6.45) is 4.99. The maximum absolute atomic E-state index is 12.0. The van der Waals surface area contributed by atoms with Crippen LogP contribution < -0.4 is 10.1 Å². The van der Waals surface area contributed by atoms with E-state index in [1.807, 2.05) is 13.8 Å². The maximum atomic E-state index is 12.0. The molecule has 1 rings (SSSR count). The van der Waals surface area contributed by atoms with E-state index in [4.69, 9.17) is 9.47 Å². The zero-order valence-corrected chi connectivity index (χ0v) is 13.4. The van der Waals surface area contributed by atoms with Crippen molar-refractivity contribution >= 4 is 11.9 Å². The second-order valence-corrected chi connectivity index (χ2v) is 4.93. The van der Waals surface area contributed by atoms with Crippen LogP contribution in [0.3, 0.4) is 0 Å². The van der Waals surface area contributed by atoms with Gasteiger partial charge in [-0.1, -0.05) is 26.7 Å². The lowest BCUT2D eigenvalue weighted by atomic mass is 10.1. The highest BCUT2D eigenvalue weighted by molar-refractivity contribution is 5.96. The molecule has 0 unspecified atom stereocenters. The van der Waals surface area contributed by atoms with Gasteiger partial charge in [0.15, 0.2) is 5.69 Å². The average molecular weight is 308 g/mol. The molecule has 0 bridgehead atoms. The summed E-state index contributed by atoms with van der Waals surface area (Å²) in [4.78, 5) is 27.8. The van der Waals surface area contributed by atoms with Crippen LogP contribution in [-0.4, -0.2) is 36.6 Å². The molecule has 1 amide bonds. The van der Waals surface area contributed by atoms with Crippen molar-refractivity contribution in [1.29, 1.82) is 0 Å². The molecule has 1 heterocycles. The predicted octanol–water partition coefficient (Wildman–Crippen LogP) is 2.33. The van der Waals surface area contributed by atoms with E-state index < -0.39 is 11.9 Å². The minimum atomic E-state index is -0.461. The molecule has 1 N–H and O–H groups in total. The van der Waals surface area contributed by atoms with Crippen molar-refractivity contribution in [3.8, 4) is 5.75 Å². The normalized spacial score (nSPS) is 10.4. The van der Waals surface area contributed by atoms with Crippen molar-refractivity contribution in [2.45, 2.75) is 45.6 Å². The first-order valence-electron chi connectivity index (χ1n) is 7.59. The van der Waals surface area contributed by atoms with Crippen LogP contribution in [0.25, 0.3) is 0 Å². The molecular formula is C16H24N2O4. The number of pyridine rings is 1. The Morgan fingerprint density at radius 1 is 1.27 bits per heavy atom. The second-order valence-electron chi connectivity index (χ2n) is 4.93. The SMILES string of the molecule is CCCC(CCC)OC(=O)CNC(=O)c1ncccc1OC. The number of nitrogens with zero attached hydrogens (tertiary/aromatic N) is 1. The maximum Gasteiger partial charge on any atom is 0.325 e. The summed E-state index contributed by atoms with van der Waals surface area (Å²) < 4.78 is 10.4. The quantitative estimate of drug-likeness (QED) is 0.708. The van der Waals surface area contributed by atoms with E-state index in [9.17, 15) is 9.59 Å². The first kappa shape index (κ1) is 17.9. The first-order valence-corrected chi connectivity index (χ1v) is 7.59. The lowest BCUT2D eigenvalue weighted by molar-refractivity contribution is -0.148. The van der Waals surface area contributed by atoms with Gasteiger partial charge < -0.3 is 14.8 Å². The molecule has 6 nitrogen and oxygen atoms in total. The molecule has 0 aliphatic rings. The van der Waals surface area contributed by atoms with Crippen molar-refractivity contribution < 1.29 is 19.1 Å². The zero-order chi connectivity index (χ0) is 16.4. The predicted molar refractivity (Wildman–Crippen MR) is 82.8 cm³/mol. The topological polar surface area (TPSA) is 77.5 Å². The Kier molecular flexibility index (Phi) is 7.96. The van der Waals surface area contributed by atoms with E-state index in [1.54, 1.807) is 12.1 Å². The molecule has 1 aromatic heterocycles. The van der Waals surface area contributed by atoms with Gasteiger partial charge in [0.2, 0.25) is 0 Å². The van der Waals surface area contributed by atoms with Crippen LogP contribution in [0.5, 0.6) is 5.75 Å². The van der Waals surface area contributed by atoms with Crippen LogP contribution in [-0.2, 0) is 9.53 Å². The molecule has 6 heteroatoms. The minimum Gasteiger partial charge on any atom is -0.494 e. The van der Waals surface area contributed by atoms with Gasteiger partial charge in [-0.05, 0) is 25.0 Å². The van der Waals surface area contributed by atoms with Gasteiger partial charge in [-0.15, -0.1) is 0 Å². The number of esters is 1. The van der Waals surface area contributed by atoms with Gasteiger partial charge in [0, 0.05) is 6.20 Å². The third-order valence-corrected chi connectivity index (χ3v) is 3.12. The van der Waals surface area contributed by atoms with Gasteiger partial charge in [-0.2, -0.15) is 0 Å². The highest BCUT2D eigenvalue weighted by Gasteiger charge is 2.17. The van der Waals surface area contributed by atoms with Gasteiger partial charge in [-0.3, -0.25) is 9.59 Å². The van der Waals surface area contributed by atoms with Crippen molar-refractivity contribution in [3.05, 3.63) is 24.0 Å². The Bertz CT molecular complexity index is 485. The summed E-state index contributed by atoms with van der Waals surface area (Å²) >= 11 is 0. The highest BCUT2D eigenvalue weighted by atomic mass is 16.5. The number of amides is 1. The van der Waals surface area contributed by atoms with Crippen molar-refractivity contribution in [3.63, 3.8) is 0 Å². The van der Waals surface area contributed by atoms with E-state index in [1.165, 1.54) is 13.3 Å². The Labute approximate surface area is 131 Å². The number of hydrogen-bond acceptors (Lipinski definition) is 5. The number of methoxy groups -OCH3 is 1. The average Bonchev–Trinajstić information content (AvgIpc) is 2.53. The fourth-order valence-electron chi connectivity index (χ4n) is 2.10. The summed E-state index contributed by atoms with van der Waals surface area (Å²) in [6, 6.07) is 3.31. The third-order valence-electron chi connectivity index (χ3n) is 3.12. The van der Waals surface area contributed by atoms with Crippen molar-refractivity contribution in [2.75, 3.05) is 13.7 Å². The number of ether oxygens (including phenoxy) is 2. The van der Waals surface area contributed by atoms with E-state index in [-0.39, 0.29) is 18.3 Å². The molecule has 0 atom stereocenters. The molecule has 0 radical (unpaired) electrons. The minimum absolute atomic E-state index is 0.0798. The standard InChI is InChI=1S/C16H24N2O4/c1-4-7-12(8-5-2)22-14(19)11-18-16(20)15-13(21-3)9-6-10-17-15/h6,9-10,12H,4-5,7-8,11H2,1-3H3,(H,18,20). The Morgan fingerprint density at radius 3 is 2.55 bits per heavy atom. The number of carbonyl (C=O) groups is 2. The summed E-state index contributed by atoms with van der Waals surface area (Å²) in [5, 5.41) is 2.51. The Morgan fingerprint density at radius 2 is 1.95 bits per heavy atom. The lowest BCUT2D eigenvalue weighted by Gasteiger charge is -2.16. The van der Waals surface area contributed by atoms with Gasteiger partial charge >= 0.3 is 5.97 Å². The Balaban J connectivity index is 2.50. The molecule has 1 aromatic rings. The molecule has 0 saturated heterocycles. The summed E-state index contributed by atoms with van der Waals surface area (Å²) in [6.45, 7) is 3.92. The highest BCUT2D eigenvalue weighted by Crippen LogP contribution is 2.14. The van der Waals surface area contributed by atoms with Crippen LogP contribution in [0.1, 0.15) is 50.0 Å². The van der Waals surface area contributed by atoms with E-state index in [0.29, 0.717) is 5.75 Å². The number of aromatic nitrogens is 1. The van der Waals surface area contributed by atoms with Crippen LogP contribution in [0.4, 0.5) is 0 Å². The summed E-state index contributed by atoms with van der Waals surface area (Å²) in [5.74, 6) is -0.532. The largest absolute Gasteiger partial charge is 0.494 e. The fourth-order valence-corrected chi connectivity index (χ4v) is 2.10. The summed E-state index contributed by atoms with van der Waals surface area (Å²) in [7, 11) is 1.46. The molecule has 0 spiro atoms. The second kappa shape index (κ2) is 9.76. The molecule has 0 saturated carbocycles. The lowest BCUT2D eigenvalue weighted by Crippen LogP contribution is -2.33. The van der Waals surface area contributed by atoms with Gasteiger partial charge in [0.1, 0.15) is 18.4 Å². The first-order chi connectivity index (χ1) is 10.6. The van der Waals surface area contributed by atoms with E-state index in [0.717, 1.165) is 25.7 Å². The molecule has 122 valence electrons. The molecule has 0 fully saturated rings. The molecule has 0 aromatic carbocycles. The van der Waals surface area contributed by atoms with E-state index >= 15 is 0 Å². The van der Waals surface area contributed by atoms with Crippen molar-refractivity contribution in [2.24, 2.45) is 0 Å². The van der Waals surface area contributed by atoms with E-state index in [2.05, 4.69) is 10.3 Å². The molecular weight excluding hydrogens is 284 g/mol. The third kappa shape index (κ3) is 5.71. The number of rotatable bonds is 9. The molecule has 0 aliphatic carbocycles. The van der Waals surface area contributed by atoms with Crippen LogP contribution in [0.15, 0.2) is 18.3 Å². The number of nitrogens with one attached hydrogen (secondary N) is 1. The monoisotopic (exact) mass is 308 g/mol. The Hall–Kier alpha value is -2.11.